The summed E-state index contributed by atoms with van der Waals surface area (Å²) < 4.78 is 5.12. The first-order valence-corrected chi connectivity index (χ1v) is 8.24. The summed E-state index contributed by atoms with van der Waals surface area (Å²) in [6.07, 6.45) is -0.945. The number of aliphatic hydroxyl groups excluding tert-OH is 2. The van der Waals surface area contributed by atoms with Gasteiger partial charge in [0.2, 0.25) is 0 Å². The predicted molar refractivity (Wildman–Crippen MR) is 93.9 cm³/mol. The van der Waals surface area contributed by atoms with E-state index in [2.05, 4.69) is 11.1 Å². The smallest absolute Gasteiger partial charge is 0.143 e. The summed E-state index contributed by atoms with van der Waals surface area (Å²) in [5.74, 6) is 0.794. The lowest BCUT2D eigenvalue weighted by molar-refractivity contribution is 0.113. The standard InChI is InChI=1S/C17H16N4O3S/c1-24-12-4-2-10(3-5-12)15-13(6-18)16(20)21-17(14(15)7-19)25-9-11(23)8-22/h2-5,11,22-23H,8-9H2,1H3,(H2,20,21). The molecule has 1 atom stereocenters. The number of hydrogen-bond donors (Lipinski definition) is 3. The molecule has 0 amide bonds. The molecule has 1 unspecified atom stereocenters. The molecule has 128 valence electrons. The second-order valence-corrected chi connectivity index (χ2v) is 6.04. The number of thioether (sulfide) groups is 1. The zero-order valence-electron chi connectivity index (χ0n) is 13.4. The maximum atomic E-state index is 9.60. The van der Waals surface area contributed by atoms with E-state index < -0.39 is 12.7 Å². The third kappa shape index (κ3) is 4.01. The normalized spacial score (nSPS) is 11.4. The van der Waals surface area contributed by atoms with Crippen molar-refractivity contribution in [1.82, 2.24) is 4.98 Å². The number of aromatic nitrogens is 1. The minimum absolute atomic E-state index is 0.00769. The van der Waals surface area contributed by atoms with Crippen LogP contribution < -0.4 is 10.5 Å². The van der Waals surface area contributed by atoms with Gasteiger partial charge in [-0.2, -0.15) is 10.5 Å². The van der Waals surface area contributed by atoms with E-state index in [1.165, 1.54) is 0 Å². The number of nitrogen functional groups attached to an aromatic ring is 1. The van der Waals surface area contributed by atoms with Gasteiger partial charge in [-0.15, -0.1) is 11.8 Å². The van der Waals surface area contributed by atoms with Crippen molar-refractivity contribution >= 4 is 17.6 Å². The Labute approximate surface area is 149 Å². The molecular weight excluding hydrogens is 340 g/mol. The summed E-state index contributed by atoms with van der Waals surface area (Å²) in [5, 5.41) is 37.8. The van der Waals surface area contributed by atoms with E-state index in [0.29, 0.717) is 21.9 Å². The first kappa shape index (κ1) is 18.6. The van der Waals surface area contributed by atoms with Crippen LogP contribution >= 0.6 is 11.8 Å². The number of aliphatic hydroxyl groups is 2. The molecule has 1 heterocycles. The van der Waals surface area contributed by atoms with Crippen molar-refractivity contribution in [1.29, 1.82) is 10.5 Å². The number of nitrogens with zero attached hydrogens (tertiary/aromatic N) is 3. The Morgan fingerprint density at radius 2 is 1.88 bits per heavy atom. The van der Waals surface area contributed by atoms with Crippen LogP contribution in [0, 0.1) is 22.7 Å². The number of nitrogens with two attached hydrogens (primary N) is 1. The monoisotopic (exact) mass is 356 g/mol. The second-order valence-electron chi connectivity index (χ2n) is 5.03. The molecule has 25 heavy (non-hydrogen) atoms. The Morgan fingerprint density at radius 3 is 2.40 bits per heavy atom. The highest BCUT2D eigenvalue weighted by Crippen LogP contribution is 2.36. The van der Waals surface area contributed by atoms with Crippen LogP contribution in [0.5, 0.6) is 5.75 Å². The van der Waals surface area contributed by atoms with Crippen LogP contribution in [0.25, 0.3) is 11.1 Å². The topological polar surface area (TPSA) is 136 Å². The summed E-state index contributed by atoms with van der Waals surface area (Å²) in [6.45, 7) is -0.397. The first-order chi connectivity index (χ1) is 12.0. The Bertz CT molecular complexity index is 841. The molecule has 8 heteroatoms. The Morgan fingerprint density at radius 1 is 1.24 bits per heavy atom. The van der Waals surface area contributed by atoms with Gasteiger partial charge in [-0.05, 0) is 17.7 Å². The average molecular weight is 356 g/mol. The van der Waals surface area contributed by atoms with Gasteiger partial charge in [0, 0.05) is 11.3 Å². The number of methoxy groups -OCH3 is 1. The molecule has 0 aliphatic heterocycles. The number of pyridine rings is 1. The van der Waals surface area contributed by atoms with Gasteiger partial charge in [0.15, 0.2) is 0 Å². The van der Waals surface area contributed by atoms with E-state index in [1.54, 1.807) is 31.4 Å². The fourth-order valence-corrected chi connectivity index (χ4v) is 3.09. The van der Waals surface area contributed by atoms with Gasteiger partial charge in [-0.3, -0.25) is 0 Å². The van der Waals surface area contributed by atoms with Crippen molar-refractivity contribution < 1.29 is 14.9 Å². The minimum Gasteiger partial charge on any atom is -0.497 e. The van der Waals surface area contributed by atoms with E-state index in [9.17, 15) is 15.6 Å². The lowest BCUT2D eigenvalue weighted by Gasteiger charge is -2.14. The quantitative estimate of drug-likeness (QED) is 0.663. The third-order valence-corrected chi connectivity index (χ3v) is 4.54. The second kappa shape index (κ2) is 8.36. The van der Waals surface area contributed by atoms with E-state index in [1.807, 2.05) is 6.07 Å². The molecule has 0 radical (unpaired) electrons. The van der Waals surface area contributed by atoms with Crippen LogP contribution in [0.4, 0.5) is 5.82 Å². The van der Waals surface area contributed by atoms with E-state index in [0.717, 1.165) is 11.8 Å². The van der Waals surface area contributed by atoms with Crippen LogP contribution in [0.15, 0.2) is 29.3 Å². The maximum Gasteiger partial charge on any atom is 0.143 e. The number of rotatable bonds is 6. The molecule has 0 saturated heterocycles. The molecule has 4 N–H and O–H groups in total. The molecule has 0 bridgehead atoms. The van der Waals surface area contributed by atoms with Crippen LogP contribution in [0.3, 0.4) is 0 Å². The summed E-state index contributed by atoms with van der Waals surface area (Å²) >= 11 is 1.10. The number of anilines is 1. The average Bonchev–Trinajstić information content (AvgIpc) is 2.65. The Hall–Kier alpha value is -2.78. The van der Waals surface area contributed by atoms with Gasteiger partial charge in [-0.25, -0.2) is 4.98 Å². The Kier molecular flexibility index (Phi) is 6.20. The van der Waals surface area contributed by atoms with Crippen molar-refractivity contribution in [2.45, 2.75) is 11.1 Å². The maximum absolute atomic E-state index is 9.60. The van der Waals surface area contributed by atoms with Crippen molar-refractivity contribution in [3.05, 3.63) is 35.4 Å². The van der Waals surface area contributed by atoms with Crippen LogP contribution in [0.2, 0.25) is 0 Å². The van der Waals surface area contributed by atoms with Gasteiger partial charge in [0.05, 0.1) is 25.4 Å². The molecule has 7 nitrogen and oxygen atoms in total. The molecule has 0 fully saturated rings. The molecule has 1 aromatic heterocycles. The number of nitriles is 2. The van der Waals surface area contributed by atoms with Crippen LogP contribution in [-0.4, -0.2) is 40.8 Å². The molecule has 2 aromatic rings. The number of hydrogen-bond acceptors (Lipinski definition) is 8. The summed E-state index contributed by atoms with van der Waals surface area (Å²) in [4.78, 5) is 4.12. The molecule has 0 aliphatic carbocycles. The van der Waals surface area contributed by atoms with Crippen LogP contribution in [0.1, 0.15) is 11.1 Å². The molecule has 0 saturated carbocycles. The molecule has 2 rings (SSSR count). The summed E-state index contributed by atoms with van der Waals surface area (Å²) in [6, 6.07) is 11.0. The lowest BCUT2D eigenvalue weighted by atomic mass is 9.97. The van der Waals surface area contributed by atoms with Gasteiger partial charge < -0.3 is 20.7 Å². The number of ether oxygens (including phenoxy) is 1. The van der Waals surface area contributed by atoms with Crippen molar-refractivity contribution in [2.75, 3.05) is 25.2 Å². The van der Waals surface area contributed by atoms with E-state index in [4.69, 9.17) is 15.6 Å². The lowest BCUT2D eigenvalue weighted by Crippen LogP contribution is -2.15. The first-order valence-electron chi connectivity index (χ1n) is 7.25. The highest BCUT2D eigenvalue weighted by atomic mass is 32.2. The van der Waals surface area contributed by atoms with Gasteiger partial charge in [-0.1, -0.05) is 12.1 Å². The van der Waals surface area contributed by atoms with Gasteiger partial charge in [0.25, 0.3) is 0 Å². The van der Waals surface area contributed by atoms with Crippen molar-refractivity contribution in [2.24, 2.45) is 0 Å². The molecular formula is C17H16N4O3S. The zero-order valence-corrected chi connectivity index (χ0v) is 14.2. The Balaban J connectivity index is 2.61. The highest BCUT2D eigenvalue weighted by molar-refractivity contribution is 7.99. The van der Waals surface area contributed by atoms with Gasteiger partial charge >= 0.3 is 0 Å². The molecule has 0 spiro atoms. The van der Waals surface area contributed by atoms with E-state index in [-0.39, 0.29) is 22.7 Å². The predicted octanol–water partition coefficient (Wildman–Crippen LogP) is 1.53. The fourth-order valence-electron chi connectivity index (χ4n) is 2.18. The zero-order chi connectivity index (χ0) is 18.4. The van der Waals surface area contributed by atoms with E-state index >= 15 is 0 Å². The summed E-state index contributed by atoms with van der Waals surface area (Å²) in [5.41, 5.74) is 7.24. The highest BCUT2D eigenvalue weighted by Gasteiger charge is 2.21. The largest absolute Gasteiger partial charge is 0.497 e. The summed E-state index contributed by atoms with van der Waals surface area (Å²) in [7, 11) is 1.54. The van der Waals surface area contributed by atoms with Gasteiger partial charge in [0.1, 0.15) is 34.3 Å². The fraction of sp³-hybridized carbons (Fsp3) is 0.235. The third-order valence-electron chi connectivity index (χ3n) is 3.42. The van der Waals surface area contributed by atoms with Crippen molar-refractivity contribution in [3.8, 4) is 29.0 Å². The molecule has 0 aliphatic rings. The van der Waals surface area contributed by atoms with Crippen molar-refractivity contribution in [3.63, 3.8) is 0 Å². The molecule has 1 aromatic carbocycles. The number of benzene rings is 1. The van der Waals surface area contributed by atoms with Crippen LogP contribution in [-0.2, 0) is 0 Å². The minimum atomic E-state index is -0.945. The SMILES string of the molecule is COc1ccc(-c2c(C#N)c(N)nc(SCC(O)CO)c2C#N)cc1.